The first-order valence-electron chi connectivity index (χ1n) is 4.37. The van der Waals surface area contributed by atoms with Gasteiger partial charge in [-0.3, -0.25) is 9.59 Å². The first-order chi connectivity index (χ1) is 7.04. The van der Waals surface area contributed by atoms with Crippen LogP contribution in [0.5, 0.6) is 0 Å². The predicted octanol–water partition coefficient (Wildman–Crippen LogP) is 2.69. The molecule has 1 aromatic rings. The molecule has 0 spiro atoms. The molecule has 5 heteroatoms. The molecule has 0 bridgehead atoms. The zero-order valence-electron chi connectivity index (χ0n) is 8.45. The van der Waals surface area contributed by atoms with Crippen LogP contribution >= 0.6 is 27.3 Å². The molecule has 0 aliphatic heterocycles. The summed E-state index contributed by atoms with van der Waals surface area (Å²) in [5, 5.41) is 1.82. The van der Waals surface area contributed by atoms with Crippen molar-refractivity contribution in [2.45, 2.75) is 19.4 Å². The lowest BCUT2D eigenvalue weighted by atomic mass is 10.1. The molecule has 0 saturated carbocycles. The minimum atomic E-state index is -0.516. The number of ketones is 2. The summed E-state index contributed by atoms with van der Waals surface area (Å²) in [7, 11) is 1.45. The van der Waals surface area contributed by atoms with Gasteiger partial charge in [0.1, 0.15) is 6.10 Å². The molecular formula is C10H11BrO3S. The highest BCUT2D eigenvalue weighted by molar-refractivity contribution is 9.10. The summed E-state index contributed by atoms with van der Waals surface area (Å²) < 4.78 is 5.71. The fourth-order valence-electron chi connectivity index (χ4n) is 0.980. The number of methoxy groups -OCH3 is 1. The van der Waals surface area contributed by atoms with E-state index in [2.05, 4.69) is 15.9 Å². The lowest BCUT2D eigenvalue weighted by molar-refractivity contribution is -0.126. The Morgan fingerprint density at radius 1 is 1.60 bits per heavy atom. The number of halogens is 1. The summed E-state index contributed by atoms with van der Waals surface area (Å²) in [6, 6.07) is 1.72. The van der Waals surface area contributed by atoms with Crippen LogP contribution in [-0.2, 0) is 9.53 Å². The first-order valence-corrected chi connectivity index (χ1v) is 6.04. The van der Waals surface area contributed by atoms with E-state index in [0.29, 0.717) is 4.88 Å². The Kier molecular flexibility index (Phi) is 4.63. The maximum atomic E-state index is 11.6. The maximum absolute atomic E-state index is 11.6. The Morgan fingerprint density at radius 3 is 2.73 bits per heavy atom. The second kappa shape index (κ2) is 5.53. The van der Waals surface area contributed by atoms with Gasteiger partial charge in [0.05, 0.1) is 11.3 Å². The van der Waals surface area contributed by atoms with Crippen LogP contribution in [0, 0.1) is 0 Å². The SMILES string of the molecule is COC(C)C(=O)CC(=O)c1cc(Br)cs1. The van der Waals surface area contributed by atoms with E-state index in [9.17, 15) is 9.59 Å². The van der Waals surface area contributed by atoms with Crippen molar-refractivity contribution in [1.82, 2.24) is 0 Å². The molecule has 1 atom stereocenters. The monoisotopic (exact) mass is 290 g/mol. The van der Waals surface area contributed by atoms with Gasteiger partial charge < -0.3 is 4.74 Å². The number of hydrogen-bond acceptors (Lipinski definition) is 4. The Morgan fingerprint density at radius 2 is 2.27 bits per heavy atom. The van der Waals surface area contributed by atoms with Crippen molar-refractivity contribution in [2.24, 2.45) is 0 Å². The van der Waals surface area contributed by atoms with Crippen molar-refractivity contribution < 1.29 is 14.3 Å². The summed E-state index contributed by atoms with van der Waals surface area (Å²) in [6.07, 6.45) is -0.612. The molecule has 0 aliphatic carbocycles. The van der Waals surface area contributed by atoms with Gasteiger partial charge >= 0.3 is 0 Å². The van der Waals surface area contributed by atoms with Crippen molar-refractivity contribution in [3.8, 4) is 0 Å². The zero-order chi connectivity index (χ0) is 11.4. The highest BCUT2D eigenvalue weighted by Gasteiger charge is 2.18. The van der Waals surface area contributed by atoms with Crippen LogP contribution in [0.4, 0.5) is 0 Å². The first kappa shape index (κ1) is 12.5. The van der Waals surface area contributed by atoms with Gasteiger partial charge in [0, 0.05) is 17.0 Å². The number of Topliss-reactive ketones (excluding diaryl/α,β-unsaturated/α-hetero) is 2. The molecule has 0 saturated heterocycles. The van der Waals surface area contributed by atoms with E-state index in [-0.39, 0.29) is 18.0 Å². The average Bonchev–Trinajstić information content (AvgIpc) is 2.63. The second-order valence-electron chi connectivity index (χ2n) is 3.07. The molecular weight excluding hydrogens is 280 g/mol. The highest BCUT2D eigenvalue weighted by atomic mass is 79.9. The topological polar surface area (TPSA) is 43.4 Å². The Bertz CT molecular complexity index is 372. The third-order valence-electron chi connectivity index (χ3n) is 1.98. The molecule has 3 nitrogen and oxygen atoms in total. The van der Waals surface area contributed by atoms with Gasteiger partial charge in [0.2, 0.25) is 0 Å². The Labute approximate surface area is 101 Å². The van der Waals surface area contributed by atoms with Crippen LogP contribution in [0.3, 0.4) is 0 Å². The van der Waals surface area contributed by atoms with Crippen molar-refractivity contribution in [2.75, 3.05) is 7.11 Å². The summed E-state index contributed by atoms with van der Waals surface area (Å²) >= 11 is 4.59. The smallest absolute Gasteiger partial charge is 0.180 e. The zero-order valence-corrected chi connectivity index (χ0v) is 10.9. The average molecular weight is 291 g/mol. The molecule has 1 unspecified atom stereocenters. The van der Waals surface area contributed by atoms with Crippen molar-refractivity contribution in [1.29, 1.82) is 0 Å². The lowest BCUT2D eigenvalue weighted by Crippen LogP contribution is -2.21. The van der Waals surface area contributed by atoms with E-state index in [1.165, 1.54) is 18.4 Å². The van der Waals surface area contributed by atoms with Gasteiger partial charge in [0.25, 0.3) is 0 Å². The minimum absolute atomic E-state index is 0.0953. The highest BCUT2D eigenvalue weighted by Crippen LogP contribution is 2.21. The molecule has 1 heterocycles. The van der Waals surface area contributed by atoms with E-state index in [4.69, 9.17) is 4.74 Å². The molecule has 1 rings (SSSR count). The fourth-order valence-corrected chi connectivity index (χ4v) is 2.35. The third-order valence-corrected chi connectivity index (χ3v) is 3.72. The largest absolute Gasteiger partial charge is 0.374 e. The van der Waals surface area contributed by atoms with E-state index < -0.39 is 6.10 Å². The molecule has 0 radical (unpaired) electrons. The summed E-state index contributed by atoms with van der Waals surface area (Å²) in [6.45, 7) is 1.64. The summed E-state index contributed by atoms with van der Waals surface area (Å²) in [4.78, 5) is 23.6. The van der Waals surface area contributed by atoms with Crippen LogP contribution in [0.25, 0.3) is 0 Å². The molecule has 0 amide bonds. The molecule has 0 fully saturated rings. The van der Waals surface area contributed by atoms with Crippen molar-refractivity contribution in [3.05, 3.63) is 20.8 Å². The van der Waals surface area contributed by atoms with Gasteiger partial charge in [-0.15, -0.1) is 11.3 Å². The van der Waals surface area contributed by atoms with E-state index >= 15 is 0 Å². The van der Waals surface area contributed by atoms with Crippen molar-refractivity contribution >= 4 is 38.8 Å². The third kappa shape index (κ3) is 3.52. The Hall–Kier alpha value is -0.520. The van der Waals surface area contributed by atoms with Gasteiger partial charge in [0.15, 0.2) is 11.6 Å². The van der Waals surface area contributed by atoms with Crippen LogP contribution in [0.1, 0.15) is 23.0 Å². The van der Waals surface area contributed by atoms with E-state index in [1.807, 2.05) is 5.38 Å². The number of hydrogen-bond donors (Lipinski definition) is 0. The van der Waals surface area contributed by atoms with Crippen LogP contribution in [-0.4, -0.2) is 24.8 Å². The van der Waals surface area contributed by atoms with Gasteiger partial charge in [-0.05, 0) is 28.9 Å². The van der Waals surface area contributed by atoms with Crippen molar-refractivity contribution in [3.63, 3.8) is 0 Å². The normalized spacial score (nSPS) is 12.5. The summed E-state index contributed by atoms with van der Waals surface area (Å²) in [5.74, 6) is -0.341. The second-order valence-corrected chi connectivity index (χ2v) is 4.90. The van der Waals surface area contributed by atoms with Crippen LogP contribution in [0.15, 0.2) is 15.9 Å². The van der Waals surface area contributed by atoms with E-state index in [0.717, 1.165) is 4.47 Å². The minimum Gasteiger partial charge on any atom is -0.374 e. The standard InChI is InChI=1S/C10H11BrO3S/c1-6(14-2)8(12)4-9(13)10-3-7(11)5-15-10/h3,5-6H,4H2,1-2H3. The molecule has 15 heavy (non-hydrogen) atoms. The number of carbonyl (C=O) groups is 2. The van der Waals surface area contributed by atoms with Crippen LogP contribution < -0.4 is 0 Å². The molecule has 82 valence electrons. The summed E-state index contributed by atoms with van der Waals surface area (Å²) in [5.41, 5.74) is 0. The van der Waals surface area contributed by atoms with E-state index in [1.54, 1.807) is 13.0 Å². The Balaban J connectivity index is 2.60. The number of rotatable bonds is 5. The quantitative estimate of drug-likeness (QED) is 0.619. The van der Waals surface area contributed by atoms with Gasteiger partial charge in [-0.1, -0.05) is 0 Å². The molecule has 0 N–H and O–H groups in total. The number of thiophene rings is 1. The van der Waals surface area contributed by atoms with Gasteiger partial charge in [-0.2, -0.15) is 0 Å². The molecule has 0 aliphatic rings. The van der Waals surface area contributed by atoms with Crippen LogP contribution in [0.2, 0.25) is 0 Å². The van der Waals surface area contributed by atoms with Gasteiger partial charge in [-0.25, -0.2) is 0 Å². The maximum Gasteiger partial charge on any atom is 0.180 e. The lowest BCUT2D eigenvalue weighted by Gasteiger charge is -2.06. The number of ether oxygens (including phenoxy) is 1. The fraction of sp³-hybridized carbons (Fsp3) is 0.400. The molecule has 0 aromatic carbocycles. The number of carbonyl (C=O) groups excluding carboxylic acids is 2. The molecule has 1 aromatic heterocycles. The predicted molar refractivity (Wildman–Crippen MR) is 62.4 cm³/mol.